The van der Waals surface area contributed by atoms with Crippen LogP contribution < -0.4 is 11.1 Å². The predicted molar refractivity (Wildman–Crippen MR) is 88.5 cm³/mol. The van der Waals surface area contributed by atoms with Crippen molar-refractivity contribution in [3.63, 3.8) is 0 Å². The van der Waals surface area contributed by atoms with Gasteiger partial charge >= 0.3 is 0 Å². The van der Waals surface area contributed by atoms with Crippen LogP contribution in [0.4, 0.5) is 5.69 Å². The maximum absolute atomic E-state index is 5.48. The predicted octanol–water partition coefficient (Wildman–Crippen LogP) is 2.36. The van der Waals surface area contributed by atoms with Crippen molar-refractivity contribution in [2.24, 2.45) is 5.73 Å². The molecular formula is C17H19N5. The molecule has 0 fully saturated rings. The molecule has 3 rings (SSSR count). The van der Waals surface area contributed by atoms with Gasteiger partial charge < -0.3 is 11.1 Å². The second-order valence-corrected chi connectivity index (χ2v) is 5.08. The number of hydrogen-bond acceptors (Lipinski definition) is 4. The topological polar surface area (TPSA) is 68.8 Å². The van der Waals surface area contributed by atoms with Gasteiger partial charge in [0.15, 0.2) is 0 Å². The summed E-state index contributed by atoms with van der Waals surface area (Å²) in [5.74, 6) is 0. The highest BCUT2D eigenvalue weighted by Crippen LogP contribution is 2.16. The Morgan fingerprint density at radius 1 is 1.00 bits per heavy atom. The molecule has 0 saturated carbocycles. The van der Waals surface area contributed by atoms with Crippen LogP contribution in [0.2, 0.25) is 0 Å². The first-order valence-electron chi connectivity index (χ1n) is 7.33. The van der Waals surface area contributed by atoms with Gasteiger partial charge in [0.25, 0.3) is 0 Å². The van der Waals surface area contributed by atoms with Crippen LogP contribution in [0.25, 0.3) is 11.3 Å². The van der Waals surface area contributed by atoms with Gasteiger partial charge in [-0.2, -0.15) is 0 Å². The fourth-order valence-corrected chi connectivity index (χ4v) is 2.25. The smallest absolute Gasteiger partial charge is 0.113 e. The highest BCUT2D eigenvalue weighted by molar-refractivity contribution is 5.57. The minimum atomic E-state index is 0.628. The lowest BCUT2D eigenvalue weighted by atomic mass is 10.2. The molecular weight excluding hydrogens is 274 g/mol. The zero-order valence-electron chi connectivity index (χ0n) is 12.3. The summed E-state index contributed by atoms with van der Waals surface area (Å²) in [5.41, 5.74) is 9.71. The Morgan fingerprint density at radius 3 is 2.50 bits per heavy atom. The minimum absolute atomic E-state index is 0.628. The van der Waals surface area contributed by atoms with E-state index in [4.69, 9.17) is 5.73 Å². The van der Waals surface area contributed by atoms with Crippen molar-refractivity contribution >= 4 is 5.69 Å². The van der Waals surface area contributed by atoms with Crippen LogP contribution >= 0.6 is 0 Å². The molecule has 3 N–H and O–H groups in total. The summed E-state index contributed by atoms with van der Waals surface area (Å²) in [4.78, 5) is 0. The van der Waals surface area contributed by atoms with Crippen LogP contribution in [-0.4, -0.2) is 28.1 Å². The largest absolute Gasteiger partial charge is 0.384 e. The third kappa shape index (κ3) is 3.51. The molecule has 2 aromatic carbocycles. The SMILES string of the molecule is NCCNc1ccc(Cn2cc(-c3ccccc3)nn2)cc1. The molecule has 3 aromatic rings. The Balaban J connectivity index is 1.67. The van der Waals surface area contributed by atoms with E-state index < -0.39 is 0 Å². The summed E-state index contributed by atoms with van der Waals surface area (Å²) in [6.07, 6.45) is 1.97. The molecule has 0 aliphatic carbocycles. The first-order valence-corrected chi connectivity index (χ1v) is 7.33. The van der Waals surface area contributed by atoms with Crippen LogP contribution in [0.15, 0.2) is 60.8 Å². The molecule has 0 aliphatic heterocycles. The van der Waals surface area contributed by atoms with E-state index in [1.807, 2.05) is 41.2 Å². The molecule has 0 aliphatic rings. The number of aromatic nitrogens is 3. The van der Waals surface area contributed by atoms with Gasteiger partial charge in [-0.1, -0.05) is 47.7 Å². The highest BCUT2D eigenvalue weighted by Gasteiger charge is 2.03. The summed E-state index contributed by atoms with van der Waals surface area (Å²) in [7, 11) is 0. The van der Waals surface area contributed by atoms with Gasteiger partial charge in [0.05, 0.1) is 12.7 Å². The third-order valence-electron chi connectivity index (χ3n) is 3.38. The summed E-state index contributed by atoms with van der Waals surface area (Å²) < 4.78 is 1.85. The van der Waals surface area contributed by atoms with E-state index in [0.717, 1.165) is 23.5 Å². The van der Waals surface area contributed by atoms with Crippen LogP contribution in [0, 0.1) is 0 Å². The van der Waals surface area contributed by atoms with Crippen molar-refractivity contribution in [3.8, 4) is 11.3 Å². The molecule has 0 spiro atoms. The van der Waals surface area contributed by atoms with E-state index in [0.29, 0.717) is 13.1 Å². The fraction of sp³-hybridized carbons (Fsp3) is 0.176. The Labute approximate surface area is 129 Å². The monoisotopic (exact) mass is 293 g/mol. The van der Waals surface area contributed by atoms with Gasteiger partial charge in [-0.25, -0.2) is 4.68 Å². The molecule has 112 valence electrons. The quantitative estimate of drug-likeness (QED) is 0.732. The van der Waals surface area contributed by atoms with Crippen molar-refractivity contribution in [1.82, 2.24) is 15.0 Å². The minimum Gasteiger partial charge on any atom is -0.384 e. The Bertz CT molecular complexity index is 703. The van der Waals surface area contributed by atoms with E-state index in [2.05, 4.69) is 39.9 Å². The Morgan fingerprint density at radius 2 is 1.77 bits per heavy atom. The average molecular weight is 293 g/mol. The van der Waals surface area contributed by atoms with Crippen LogP contribution in [0.1, 0.15) is 5.56 Å². The number of benzene rings is 2. The number of nitrogens with two attached hydrogens (primary N) is 1. The van der Waals surface area contributed by atoms with Crippen molar-refractivity contribution in [3.05, 3.63) is 66.4 Å². The number of anilines is 1. The summed E-state index contributed by atoms with van der Waals surface area (Å²) in [6, 6.07) is 18.3. The summed E-state index contributed by atoms with van der Waals surface area (Å²) >= 11 is 0. The zero-order valence-corrected chi connectivity index (χ0v) is 12.3. The molecule has 1 aromatic heterocycles. The molecule has 0 radical (unpaired) electrons. The number of nitrogens with zero attached hydrogens (tertiary/aromatic N) is 3. The second-order valence-electron chi connectivity index (χ2n) is 5.08. The normalized spacial score (nSPS) is 10.6. The summed E-state index contributed by atoms with van der Waals surface area (Å²) in [5, 5.41) is 11.7. The molecule has 0 amide bonds. The van der Waals surface area contributed by atoms with Crippen LogP contribution in [0.3, 0.4) is 0 Å². The molecule has 0 unspecified atom stereocenters. The third-order valence-corrected chi connectivity index (χ3v) is 3.38. The Kier molecular flexibility index (Phi) is 4.46. The molecule has 0 saturated heterocycles. The van der Waals surface area contributed by atoms with E-state index in [9.17, 15) is 0 Å². The summed E-state index contributed by atoms with van der Waals surface area (Å²) in [6.45, 7) is 2.11. The lowest BCUT2D eigenvalue weighted by molar-refractivity contribution is 0.650. The van der Waals surface area contributed by atoms with Gasteiger partial charge in [0.1, 0.15) is 5.69 Å². The fourth-order valence-electron chi connectivity index (χ4n) is 2.25. The maximum atomic E-state index is 5.48. The van der Waals surface area contributed by atoms with Gasteiger partial charge in [-0.15, -0.1) is 5.10 Å². The molecule has 0 bridgehead atoms. The van der Waals surface area contributed by atoms with Crippen molar-refractivity contribution < 1.29 is 0 Å². The molecule has 0 atom stereocenters. The van der Waals surface area contributed by atoms with Crippen molar-refractivity contribution in [1.29, 1.82) is 0 Å². The number of rotatable bonds is 6. The molecule has 22 heavy (non-hydrogen) atoms. The Hall–Kier alpha value is -2.66. The van der Waals surface area contributed by atoms with Gasteiger partial charge in [-0.05, 0) is 17.7 Å². The lowest BCUT2D eigenvalue weighted by Crippen LogP contribution is -2.13. The first kappa shape index (κ1) is 14.3. The van der Waals surface area contributed by atoms with Crippen LogP contribution in [0.5, 0.6) is 0 Å². The zero-order chi connectivity index (χ0) is 15.2. The maximum Gasteiger partial charge on any atom is 0.113 e. The first-order chi connectivity index (χ1) is 10.8. The average Bonchev–Trinajstić information content (AvgIpc) is 3.04. The molecule has 1 heterocycles. The van der Waals surface area contributed by atoms with Gasteiger partial charge in [0, 0.05) is 24.3 Å². The van der Waals surface area contributed by atoms with Crippen molar-refractivity contribution in [2.45, 2.75) is 6.54 Å². The lowest BCUT2D eigenvalue weighted by Gasteiger charge is -2.06. The van der Waals surface area contributed by atoms with Crippen molar-refractivity contribution in [2.75, 3.05) is 18.4 Å². The van der Waals surface area contributed by atoms with Gasteiger partial charge in [-0.3, -0.25) is 0 Å². The van der Waals surface area contributed by atoms with E-state index >= 15 is 0 Å². The second kappa shape index (κ2) is 6.87. The number of hydrogen-bond donors (Lipinski definition) is 2. The number of nitrogens with one attached hydrogen (secondary N) is 1. The van der Waals surface area contributed by atoms with E-state index in [1.165, 1.54) is 5.56 Å². The standard InChI is InChI=1S/C17H19N5/c18-10-11-19-16-8-6-14(7-9-16)12-22-13-17(20-21-22)15-4-2-1-3-5-15/h1-9,13,19H,10-12,18H2. The highest BCUT2D eigenvalue weighted by atomic mass is 15.4. The van der Waals surface area contributed by atoms with E-state index in [-0.39, 0.29) is 0 Å². The van der Waals surface area contributed by atoms with E-state index in [1.54, 1.807) is 0 Å². The van der Waals surface area contributed by atoms with Gasteiger partial charge in [0.2, 0.25) is 0 Å². The molecule has 5 nitrogen and oxygen atoms in total. The van der Waals surface area contributed by atoms with Crippen LogP contribution in [-0.2, 0) is 6.54 Å². The molecule has 5 heteroatoms.